The molecule has 2 aromatic rings. The first-order valence-corrected chi connectivity index (χ1v) is 16.9. The molecule has 2 unspecified atom stereocenters. The Morgan fingerprint density at radius 3 is 2.51 bits per heavy atom. The summed E-state index contributed by atoms with van der Waals surface area (Å²) in [5, 5.41) is 40.3. The number of benzene rings is 1. The molecular weight excluding hydrogens is 608 g/mol. The molecular formula is C34H44N4O9. The summed E-state index contributed by atoms with van der Waals surface area (Å²) >= 11 is 0. The van der Waals surface area contributed by atoms with Crippen LogP contribution < -0.4 is 5.32 Å². The van der Waals surface area contributed by atoms with E-state index in [4.69, 9.17) is 9.37 Å². The third kappa shape index (κ3) is 6.45. The van der Waals surface area contributed by atoms with Gasteiger partial charge in [-0.1, -0.05) is 26.0 Å². The number of carbonyl (C=O) groups excluding carboxylic acids is 1. The van der Waals surface area contributed by atoms with Gasteiger partial charge in [-0.25, -0.2) is 9.42 Å². The molecule has 1 heterocycles. The van der Waals surface area contributed by atoms with Crippen molar-refractivity contribution in [2.75, 3.05) is 5.32 Å². The molecule has 0 amide bonds. The Morgan fingerprint density at radius 2 is 1.77 bits per heavy atom. The van der Waals surface area contributed by atoms with Crippen molar-refractivity contribution in [3.05, 3.63) is 34.4 Å². The van der Waals surface area contributed by atoms with Gasteiger partial charge in [-0.15, -0.1) is 0 Å². The Balaban J connectivity index is 1.12. The summed E-state index contributed by atoms with van der Waals surface area (Å²) in [6.07, 6.45) is 12.3. The molecule has 0 saturated heterocycles. The van der Waals surface area contributed by atoms with Gasteiger partial charge in [0.25, 0.3) is 0 Å². The summed E-state index contributed by atoms with van der Waals surface area (Å²) in [5.41, 5.74) is 0.0744. The molecule has 13 heteroatoms. The highest BCUT2D eigenvalue weighted by Gasteiger charge is 2.55. The van der Waals surface area contributed by atoms with Gasteiger partial charge in [0, 0.05) is 18.9 Å². The fraction of sp³-hybridized carbons (Fsp3) is 0.676. The van der Waals surface area contributed by atoms with Gasteiger partial charge < -0.3 is 20.3 Å². The molecule has 0 aliphatic heterocycles. The van der Waals surface area contributed by atoms with E-state index in [9.17, 15) is 34.7 Å². The molecule has 10 atom stereocenters. The van der Waals surface area contributed by atoms with Crippen LogP contribution in [-0.4, -0.2) is 55.5 Å². The van der Waals surface area contributed by atoms with Gasteiger partial charge in [-0.3, -0.25) is 19.7 Å². The molecule has 0 radical (unpaired) electrons. The average molecular weight is 653 g/mol. The smallest absolute Gasteiger partial charge is 0.328 e. The molecule has 4 aliphatic rings. The van der Waals surface area contributed by atoms with Crippen LogP contribution in [0.3, 0.4) is 0 Å². The number of allylic oxidation sites excluding steroid dienone is 2. The molecule has 254 valence electrons. The summed E-state index contributed by atoms with van der Waals surface area (Å²) in [5.74, 6) is 1.25. The average Bonchev–Trinajstić information content (AvgIpc) is 3.70. The predicted molar refractivity (Wildman–Crippen MR) is 169 cm³/mol. The lowest BCUT2D eigenvalue weighted by Gasteiger charge is -2.57. The van der Waals surface area contributed by atoms with Crippen LogP contribution >= 0.6 is 0 Å². The maximum atomic E-state index is 13.6. The number of fused-ring (bicyclic) bond motifs is 6. The van der Waals surface area contributed by atoms with Crippen molar-refractivity contribution in [2.24, 2.45) is 46.8 Å². The number of nitrogens with zero attached hydrogens (tertiary/aromatic N) is 3. The Hall–Kier alpha value is -4.03. The fourth-order valence-electron chi connectivity index (χ4n) is 9.70. The van der Waals surface area contributed by atoms with Crippen LogP contribution in [-0.2, 0) is 19.1 Å². The highest BCUT2D eigenvalue weighted by atomic mass is 16.6. The van der Waals surface area contributed by atoms with E-state index in [2.05, 4.69) is 41.6 Å². The van der Waals surface area contributed by atoms with E-state index in [1.54, 1.807) is 0 Å². The number of anilines is 1. The monoisotopic (exact) mass is 652 g/mol. The minimum Gasteiger partial charge on any atom is -0.481 e. The molecule has 1 aromatic carbocycles. The fourth-order valence-corrected chi connectivity index (χ4v) is 9.70. The summed E-state index contributed by atoms with van der Waals surface area (Å²) in [4.78, 5) is 46.9. The number of ether oxygens (including phenoxy) is 1. The number of nitro benzene ring substituents is 1. The van der Waals surface area contributed by atoms with E-state index < -0.39 is 28.9 Å². The number of nitro groups is 1. The molecule has 0 spiro atoms. The summed E-state index contributed by atoms with van der Waals surface area (Å²) < 4.78 is 10.8. The second kappa shape index (κ2) is 13.2. The van der Waals surface area contributed by atoms with Crippen LogP contribution in [0.5, 0.6) is 0 Å². The van der Waals surface area contributed by atoms with Gasteiger partial charge in [0.15, 0.2) is 5.52 Å². The number of carbonyl (C=O) groups is 3. The maximum absolute atomic E-state index is 13.6. The zero-order chi connectivity index (χ0) is 33.5. The van der Waals surface area contributed by atoms with E-state index in [-0.39, 0.29) is 53.2 Å². The zero-order valence-corrected chi connectivity index (χ0v) is 26.9. The summed E-state index contributed by atoms with van der Waals surface area (Å²) in [7, 11) is 0. The van der Waals surface area contributed by atoms with Crippen molar-refractivity contribution in [3.8, 4) is 0 Å². The lowest BCUT2D eigenvalue weighted by atomic mass is 9.48. The van der Waals surface area contributed by atoms with Crippen LogP contribution in [0.25, 0.3) is 11.0 Å². The summed E-state index contributed by atoms with van der Waals surface area (Å²) in [6, 6.07) is 1.63. The van der Waals surface area contributed by atoms with Crippen molar-refractivity contribution >= 4 is 40.3 Å². The number of nitrogens with one attached hydrogen (secondary N) is 1. The van der Waals surface area contributed by atoms with Gasteiger partial charge >= 0.3 is 23.6 Å². The van der Waals surface area contributed by atoms with Crippen molar-refractivity contribution in [1.29, 1.82) is 0 Å². The predicted octanol–water partition coefficient (Wildman–Crippen LogP) is 6.23. The number of aliphatic carboxylic acids is 2. The third-order valence-electron chi connectivity index (χ3n) is 12.1. The van der Waals surface area contributed by atoms with E-state index >= 15 is 0 Å². The first-order chi connectivity index (χ1) is 22.5. The quantitative estimate of drug-likeness (QED) is 0.101. The topological polar surface area (TPSA) is 195 Å². The SMILES string of the molecule is C[C@H](CCC(=O)O)C1CC[C@@H]2C1C=C[C@H]1[C@H]2CC[C@@H]2C[C@H](OC(=O)[C@H](CCC(=O)O)Nc3ccc([N+](=O)[O-])c4nonc34)CC[C@@]21C. The number of carboxylic acid groups (broad SMARTS) is 2. The lowest BCUT2D eigenvalue weighted by molar-refractivity contribution is -0.383. The van der Waals surface area contributed by atoms with Gasteiger partial charge in [0.1, 0.15) is 12.1 Å². The number of hydrogen-bond acceptors (Lipinski definition) is 10. The van der Waals surface area contributed by atoms with Crippen LogP contribution in [0.1, 0.15) is 84.5 Å². The van der Waals surface area contributed by atoms with E-state index in [0.717, 1.165) is 44.9 Å². The highest BCUT2D eigenvalue weighted by molar-refractivity contribution is 5.95. The Morgan fingerprint density at radius 1 is 1.04 bits per heavy atom. The van der Waals surface area contributed by atoms with Crippen LogP contribution in [0.15, 0.2) is 28.9 Å². The Labute approximate surface area is 272 Å². The summed E-state index contributed by atoms with van der Waals surface area (Å²) in [6.45, 7) is 4.62. The number of rotatable bonds is 12. The normalized spacial score (nSPS) is 32.4. The maximum Gasteiger partial charge on any atom is 0.328 e. The standard InChI is InChI=1S/C34H44N4O9/c1-18(3-13-29(39)40)21-6-7-23-22(21)8-9-25-24(23)5-4-19-17-20(15-16-34(19,25)2)46-33(43)27(11-14-30(41)42)35-26-10-12-28(38(44)45)32-31(26)36-47-37-32/h8-10,12,18-25,27,35H,3-7,11,13-17H2,1-2H3,(H,39,40)(H,41,42)/t18-,19-,20-,21?,22?,23-,24+,25+,27+,34+/m1/s1. The lowest BCUT2D eigenvalue weighted by Crippen LogP contribution is -2.51. The van der Waals surface area contributed by atoms with E-state index in [1.807, 2.05) is 0 Å². The van der Waals surface area contributed by atoms with Gasteiger partial charge in [-0.05, 0) is 121 Å². The number of esters is 1. The van der Waals surface area contributed by atoms with E-state index in [0.29, 0.717) is 41.4 Å². The van der Waals surface area contributed by atoms with Gasteiger partial charge in [0.05, 0.1) is 10.6 Å². The molecule has 1 aromatic heterocycles. The Bertz CT molecular complexity index is 1560. The first kappa shape index (κ1) is 32.9. The van der Waals surface area contributed by atoms with Crippen molar-refractivity contribution in [2.45, 2.75) is 96.6 Å². The zero-order valence-electron chi connectivity index (χ0n) is 26.9. The van der Waals surface area contributed by atoms with Crippen molar-refractivity contribution in [3.63, 3.8) is 0 Å². The van der Waals surface area contributed by atoms with Gasteiger partial charge in [-0.2, -0.15) is 0 Å². The number of non-ortho nitro benzene ring substituents is 1. The minimum absolute atomic E-state index is 0.0428. The number of aromatic nitrogens is 2. The molecule has 0 bridgehead atoms. The van der Waals surface area contributed by atoms with Crippen LogP contribution in [0.2, 0.25) is 0 Å². The molecule has 3 fully saturated rings. The molecule has 4 aliphatic carbocycles. The molecule has 3 N–H and O–H groups in total. The van der Waals surface area contributed by atoms with Crippen molar-refractivity contribution in [1.82, 2.24) is 10.3 Å². The Kier molecular flexibility index (Phi) is 9.26. The number of hydrogen-bond donors (Lipinski definition) is 3. The van der Waals surface area contributed by atoms with E-state index in [1.165, 1.54) is 18.6 Å². The van der Waals surface area contributed by atoms with Crippen molar-refractivity contribution < 1.29 is 38.9 Å². The van der Waals surface area contributed by atoms with Crippen LogP contribution in [0.4, 0.5) is 11.4 Å². The van der Waals surface area contributed by atoms with Crippen LogP contribution in [0, 0.1) is 57.0 Å². The second-order valence-electron chi connectivity index (χ2n) is 14.6. The number of carboxylic acids is 2. The third-order valence-corrected chi connectivity index (χ3v) is 12.1. The van der Waals surface area contributed by atoms with Gasteiger partial charge in [0.2, 0.25) is 5.52 Å². The highest BCUT2D eigenvalue weighted by Crippen LogP contribution is 2.62. The second-order valence-corrected chi connectivity index (χ2v) is 14.6. The largest absolute Gasteiger partial charge is 0.481 e. The molecule has 6 rings (SSSR count). The molecule has 47 heavy (non-hydrogen) atoms. The first-order valence-electron chi connectivity index (χ1n) is 16.9. The minimum atomic E-state index is -1.06. The molecule has 3 saturated carbocycles. The molecule has 13 nitrogen and oxygen atoms in total.